The predicted molar refractivity (Wildman–Crippen MR) is 55.4 cm³/mol. The minimum Gasteiger partial charge on any atom is -0.0837 e. The van der Waals surface area contributed by atoms with Crippen LogP contribution in [0.4, 0.5) is 0 Å². The van der Waals surface area contributed by atoms with Gasteiger partial charge < -0.3 is 0 Å². The summed E-state index contributed by atoms with van der Waals surface area (Å²) in [5, 5.41) is 0. The van der Waals surface area contributed by atoms with Gasteiger partial charge in [0, 0.05) is 0 Å². The van der Waals surface area contributed by atoms with Crippen LogP contribution in [0.2, 0.25) is 0 Å². The molecule has 0 unspecified atom stereocenters. The first-order valence-corrected chi connectivity index (χ1v) is 5.88. The van der Waals surface area contributed by atoms with Crippen LogP contribution in [0.3, 0.4) is 0 Å². The second kappa shape index (κ2) is 10.2. The largest absolute Gasteiger partial charge is 0.0837 e. The molecule has 1 heteroatoms. The summed E-state index contributed by atoms with van der Waals surface area (Å²) in [4.78, 5) is 0. The highest BCUT2D eigenvalue weighted by Gasteiger charge is 1.83. The molecule has 65 valence electrons. The van der Waals surface area contributed by atoms with Gasteiger partial charge in [-0.3, -0.25) is 0 Å². The lowest BCUT2D eigenvalue weighted by molar-refractivity contribution is 0.778. The van der Waals surface area contributed by atoms with Crippen LogP contribution in [0.25, 0.3) is 0 Å². The van der Waals surface area contributed by atoms with Crippen molar-refractivity contribution < 1.29 is 0 Å². The van der Waals surface area contributed by atoms with Crippen LogP contribution in [0.1, 0.15) is 46.0 Å². The van der Waals surface area contributed by atoms with E-state index in [9.17, 15) is 0 Å². The van der Waals surface area contributed by atoms with Crippen molar-refractivity contribution in [3.63, 3.8) is 0 Å². The summed E-state index contributed by atoms with van der Waals surface area (Å²) in [7, 11) is 1.51. The summed E-state index contributed by atoms with van der Waals surface area (Å²) in [6.07, 6.45) is 10.3. The van der Waals surface area contributed by atoms with Gasteiger partial charge in [-0.2, -0.15) is 0 Å². The molecule has 1 radical (unpaired) electrons. The van der Waals surface area contributed by atoms with Crippen molar-refractivity contribution in [3.8, 4) is 0 Å². The molecule has 0 bridgehead atoms. The molecule has 0 aliphatic rings. The Labute approximate surface area is 73.2 Å². The number of hydrogen-bond donors (Lipinski definition) is 0. The van der Waals surface area contributed by atoms with Gasteiger partial charge in [-0.1, -0.05) is 53.6 Å². The summed E-state index contributed by atoms with van der Waals surface area (Å²) in [6, 6.07) is 0. The van der Waals surface area contributed by atoms with Gasteiger partial charge >= 0.3 is 0 Å². The van der Waals surface area contributed by atoms with E-state index >= 15 is 0 Å². The Balaban J connectivity index is 2.89. The van der Waals surface area contributed by atoms with E-state index in [4.69, 9.17) is 0 Å². The third-order valence-electron chi connectivity index (χ3n) is 1.56. The summed E-state index contributed by atoms with van der Waals surface area (Å²) in [5.41, 5.74) is 0. The zero-order valence-corrected chi connectivity index (χ0v) is 8.74. The third kappa shape index (κ3) is 10.2. The Bertz CT molecular complexity index is 86.9. The standard InChI is InChI=1S/C10H20P/c1-3-5-7-9-11-10-8-6-4-2/h7,9H,3-6,8,10H2,1-2H3/b9-7+. The molecule has 0 saturated heterocycles. The van der Waals surface area contributed by atoms with Crippen LogP contribution in [0, 0.1) is 0 Å². The molecule has 0 aromatic carbocycles. The second-order valence-electron chi connectivity index (χ2n) is 2.79. The quantitative estimate of drug-likeness (QED) is 0.392. The molecule has 0 saturated carbocycles. The van der Waals surface area contributed by atoms with Crippen LogP contribution in [0.5, 0.6) is 0 Å². The molecular formula is C10H20P. The molecule has 0 N–H and O–H groups in total. The zero-order valence-electron chi connectivity index (χ0n) is 7.84. The Hall–Kier alpha value is 0.170. The van der Waals surface area contributed by atoms with Crippen molar-refractivity contribution in [2.24, 2.45) is 0 Å². The lowest BCUT2D eigenvalue weighted by Crippen LogP contribution is -1.73. The number of allylic oxidation sites excluding steroid dienone is 1. The molecule has 0 heterocycles. The van der Waals surface area contributed by atoms with Crippen LogP contribution in [0.15, 0.2) is 11.9 Å². The third-order valence-corrected chi connectivity index (χ3v) is 2.55. The smallest absolute Gasteiger partial charge is 0.0250 e. The number of hydrogen-bond acceptors (Lipinski definition) is 0. The Kier molecular flexibility index (Phi) is 10.3. The monoisotopic (exact) mass is 171 g/mol. The van der Waals surface area contributed by atoms with Gasteiger partial charge in [-0.25, -0.2) is 0 Å². The molecule has 0 spiro atoms. The zero-order chi connectivity index (χ0) is 8.36. The highest BCUT2D eigenvalue weighted by Crippen LogP contribution is 2.15. The van der Waals surface area contributed by atoms with Crippen LogP contribution < -0.4 is 0 Å². The lowest BCUT2D eigenvalue weighted by atomic mass is 10.3. The van der Waals surface area contributed by atoms with Gasteiger partial charge in [0.15, 0.2) is 0 Å². The molecule has 0 aromatic heterocycles. The summed E-state index contributed by atoms with van der Waals surface area (Å²) < 4.78 is 0. The molecule has 0 aliphatic carbocycles. The fraction of sp³-hybridized carbons (Fsp3) is 0.800. The molecular weight excluding hydrogens is 151 g/mol. The van der Waals surface area contributed by atoms with Gasteiger partial charge in [0.25, 0.3) is 0 Å². The Morgan fingerprint density at radius 1 is 1.09 bits per heavy atom. The highest BCUT2D eigenvalue weighted by molar-refractivity contribution is 7.41. The maximum atomic E-state index is 2.30. The average molecular weight is 171 g/mol. The average Bonchev–Trinajstić information content (AvgIpc) is 2.03. The molecule has 0 nitrogen and oxygen atoms in total. The van der Waals surface area contributed by atoms with Crippen LogP contribution in [-0.4, -0.2) is 6.16 Å². The molecule has 0 amide bonds. The van der Waals surface area contributed by atoms with E-state index in [-0.39, 0.29) is 0 Å². The number of unbranched alkanes of at least 4 members (excludes halogenated alkanes) is 3. The topological polar surface area (TPSA) is 0 Å². The van der Waals surface area contributed by atoms with Crippen molar-refractivity contribution in [3.05, 3.63) is 11.9 Å². The van der Waals surface area contributed by atoms with Crippen LogP contribution in [-0.2, 0) is 0 Å². The van der Waals surface area contributed by atoms with E-state index in [0.717, 1.165) is 0 Å². The van der Waals surface area contributed by atoms with Crippen LogP contribution >= 0.6 is 8.58 Å². The van der Waals surface area contributed by atoms with E-state index in [1.807, 2.05) is 0 Å². The Morgan fingerprint density at radius 3 is 2.55 bits per heavy atom. The fourth-order valence-corrected chi connectivity index (χ4v) is 1.70. The van der Waals surface area contributed by atoms with Crippen molar-refractivity contribution in [2.75, 3.05) is 6.16 Å². The molecule has 0 aliphatic heterocycles. The van der Waals surface area contributed by atoms with Gasteiger partial charge in [0.05, 0.1) is 0 Å². The van der Waals surface area contributed by atoms with Gasteiger partial charge in [0.1, 0.15) is 0 Å². The first kappa shape index (κ1) is 11.2. The van der Waals surface area contributed by atoms with Crippen molar-refractivity contribution in [2.45, 2.75) is 46.0 Å². The lowest BCUT2D eigenvalue weighted by Gasteiger charge is -1.92. The van der Waals surface area contributed by atoms with Crippen molar-refractivity contribution in [1.29, 1.82) is 0 Å². The molecule has 0 atom stereocenters. The first-order valence-electron chi connectivity index (χ1n) is 4.73. The van der Waals surface area contributed by atoms with Crippen molar-refractivity contribution >= 4 is 8.58 Å². The summed E-state index contributed by atoms with van der Waals surface area (Å²) in [5.74, 6) is 2.30. The maximum Gasteiger partial charge on any atom is -0.0250 e. The second-order valence-corrected chi connectivity index (χ2v) is 3.90. The van der Waals surface area contributed by atoms with E-state index in [2.05, 4.69) is 25.7 Å². The Morgan fingerprint density at radius 2 is 1.91 bits per heavy atom. The minimum absolute atomic E-state index is 1.25. The van der Waals surface area contributed by atoms with E-state index in [1.165, 1.54) is 46.8 Å². The normalized spacial score (nSPS) is 12.2. The molecule has 11 heavy (non-hydrogen) atoms. The summed E-state index contributed by atoms with van der Waals surface area (Å²) in [6.45, 7) is 4.47. The van der Waals surface area contributed by atoms with Gasteiger partial charge in [-0.05, 0) is 19.0 Å². The molecule has 0 aromatic rings. The SMILES string of the molecule is CCC/C=C/[P]CCCCC. The maximum absolute atomic E-state index is 2.30. The van der Waals surface area contributed by atoms with Gasteiger partial charge in [-0.15, -0.1) is 0 Å². The first-order chi connectivity index (χ1) is 5.41. The van der Waals surface area contributed by atoms with Gasteiger partial charge in [0.2, 0.25) is 0 Å². The number of rotatable bonds is 7. The minimum atomic E-state index is 1.25. The summed E-state index contributed by atoms with van der Waals surface area (Å²) >= 11 is 0. The fourth-order valence-electron chi connectivity index (χ4n) is 0.843. The molecule has 0 fully saturated rings. The highest BCUT2D eigenvalue weighted by atomic mass is 31.1. The van der Waals surface area contributed by atoms with E-state index in [1.54, 1.807) is 0 Å². The van der Waals surface area contributed by atoms with Crippen molar-refractivity contribution in [1.82, 2.24) is 0 Å². The van der Waals surface area contributed by atoms with E-state index < -0.39 is 0 Å². The van der Waals surface area contributed by atoms with E-state index in [0.29, 0.717) is 0 Å². The predicted octanol–water partition coefficient (Wildman–Crippen LogP) is 4.44. The molecule has 0 rings (SSSR count).